The van der Waals surface area contributed by atoms with Gasteiger partial charge in [-0.05, 0) is 38.5 Å². The molecule has 0 saturated carbocycles. The van der Waals surface area contributed by atoms with Crippen molar-refractivity contribution in [2.24, 2.45) is 0 Å². The zero-order chi connectivity index (χ0) is 13.8. The lowest BCUT2D eigenvalue weighted by Gasteiger charge is -2.08. The molecular formula is C14H19N3OS. The van der Waals surface area contributed by atoms with Crippen LogP contribution in [0.25, 0.3) is 10.2 Å². The number of nitrogens with zero attached hydrogens (tertiary/aromatic N) is 1. The first-order valence-electron chi connectivity index (χ1n) is 6.45. The molecule has 1 aromatic heterocycles. The van der Waals surface area contributed by atoms with Gasteiger partial charge in [0.15, 0.2) is 5.13 Å². The number of carbonyl (C=O) groups is 1. The molecule has 0 saturated heterocycles. The quantitative estimate of drug-likeness (QED) is 0.883. The number of nitrogens with one attached hydrogen (secondary N) is 2. The Morgan fingerprint density at radius 3 is 2.95 bits per heavy atom. The maximum absolute atomic E-state index is 11.5. The molecule has 1 amide bonds. The molecule has 0 aliphatic heterocycles. The van der Waals surface area contributed by atoms with Crippen molar-refractivity contribution in [1.29, 1.82) is 0 Å². The smallest absolute Gasteiger partial charge is 0.221 e. The lowest BCUT2D eigenvalue weighted by atomic mass is 10.2. The molecule has 0 radical (unpaired) electrons. The Balaban J connectivity index is 1.89. The highest BCUT2D eigenvalue weighted by Crippen LogP contribution is 2.26. The van der Waals surface area contributed by atoms with Crippen LogP contribution < -0.4 is 10.6 Å². The molecule has 5 heteroatoms. The van der Waals surface area contributed by atoms with Crippen LogP contribution in [0.1, 0.15) is 25.8 Å². The summed E-state index contributed by atoms with van der Waals surface area (Å²) in [6.07, 6.45) is 0.465. The average Bonchev–Trinajstić information content (AvgIpc) is 2.69. The van der Waals surface area contributed by atoms with E-state index >= 15 is 0 Å². The van der Waals surface area contributed by atoms with E-state index in [0.29, 0.717) is 13.0 Å². The van der Waals surface area contributed by atoms with Crippen molar-refractivity contribution in [3.63, 3.8) is 0 Å². The predicted molar refractivity (Wildman–Crippen MR) is 80.7 cm³/mol. The van der Waals surface area contributed by atoms with Gasteiger partial charge in [-0.1, -0.05) is 17.4 Å². The van der Waals surface area contributed by atoms with E-state index in [-0.39, 0.29) is 11.9 Å². The van der Waals surface area contributed by atoms with Gasteiger partial charge in [0.2, 0.25) is 5.91 Å². The molecule has 1 heterocycles. The Kier molecular flexibility index (Phi) is 4.37. The van der Waals surface area contributed by atoms with Gasteiger partial charge in [-0.25, -0.2) is 4.98 Å². The minimum atomic E-state index is 0.0689. The molecule has 0 fully saturated rings. The first kappa shape index (κ1) is 13.8. The van der Waals surface area contributed by atoms with Gasteiger partial charge >= 0.3 is 0 Å². The van der Waals surface area contributed by atoms with E-state index < -0.39 is 0 Å². The van der Waals surface area contributed by atoms with Gasteiger partial charge in [0.05, 0.1) is 10.2 Å². The maximum Gasteiger partial charge on any atom is 0.221 e. The molecular weight excluding hydrogens is 258 g/mol. The first-order valence-corrected chi connectivity index (χ1v) is 7.26. The number of anilines is 1. The number of hydrogen-bond acceptors (Lipinski definition) is 4. The molecule has 0 aliphatic rings. The summed E-state index contributed by atoms with van der Waals surface area (Å²) in [7, 11) is 0. The number of carbonyl (C=O) groups excluding carboxylic acids is 1. The summed E-state index contributed by atoms with van der Waals surface area (Å²) in [5.74, 6) is 0.0689. The van der Waals surface area contributed by atoms with Crippen molar-refractivity contribution in [3.05, 3.63) is 23.8 Å². The number of thiazole rings is 1. The summed E-state index contributed by atoms with van der Waals surface area (Å²) in [6, 6.07) is 6.40. The summed E-state index contributed by atoms with van der Waals surface area (Å²) >= 11 is 1.62. The number of benzene rings is 1. The largest absolute Gasteiger partial charge is 0.361 e. The van der Waals surface area contributed by atoms with Gasteiger partial charge < -0.3 is 10.6 Å². The molecule has 0 unspecified atom stereocenters. The Morgan fingerprint density at radius 1 is 1.42 bits per heavy atom. The Hall–Kier alpha value is -1.62. The van der Waals surface area contributed by atoms with Crippen molar-refractivity contribution >= 4 is 32.6 Å². The number of aromatic nitrogens is 1. The van der Waals surface area contributed by atoms with Crippen LogP contribution in [0.4, 0.5) is 5.13 Å². The van der Waals surface area contributed by atoms with E-state index in [1.165, 1.54) is 10.3 Å². The molecule has 0 spiro atoms. The standard InChI is InChI=1S/C14H19N3OS/c1-9(2)16-13(18)6-7-15-14-17-11-5-4-10(3)8-12(11)19-14/h4-5,8-9H,6-7H2,1-3H3,(H,15,17)(H,16,18). The van der Waals surface area contributed by atoms with Gasteiger partial charge in [-0.15, -0.1) is 0 Å². The maximum atomic E-state index is 11.5. The molecule has 102 valence electrons. The summed E-state index contributed by atoms with van der Waals surface area (Å²) in [6.45, 7) is 6.60. The topological polar surface area (TPSA) is 54.0 Å². The van der Waals surface area contributed by atoms with Gasteiger partial charge in [0.25, 0.3) is 0 Å². The highest BCUT2D eigenvalue weighted by atomic mass is 32.1. The molecule has 0 bridgehead atoms. The minimum absolute atomic E-state index is 0.0689. The average molecular weight is 277 g/mol. The summed E-state index contributed by atoms with van der Waals surface area (Å²) in [5, 5.41) is 6.94. The monoisotopic (exact) mass is 277 g/mol. The summed E-state index contributed by atoms with van der Waals surface area (Å²) in [4.78, 5) is 16.0. The van der Waals surface area contributed by atoms with Crippen LogP contribution in [0.5, 0.6) is 0 Å². The molecule has 4 nitrogen and oxygen atoms in total. The normalized spacial score (nSPS) is 10.9. The second-order valence-corrected chi connectivity index (χ2v) is 5.92. The van der Waals surface area contributed by atoms with Crippen LogP contribution >= 0.6 is 11.3 Å². The molecule has 2 N–H and O–H groups in total. The first-order chi connectivity index (χ1) is 9.04. The Bertz CT molecular complexity index is 577. The van der Waals surface area contributed by atoms with E-state index in [0.717, 1.165) is 10.6 Å². The summed E-state index contributed by atoms with van der Waals surface area (Å²) in [5.41, 5.74) is 2.24. The molecule has 2 aromatic rings. The van der Waals surface area contributed by atoms with Crippen LogP contribution in [-0.4, -0.2) is 23.5 Å². The van der Waals surface area contributed by atoms with Gasteiger partial charge in [-0.2, -0.15) is 0 Å². The fourth-order valence-corrected chi connectivity index (χ4v) is 2.77. The Morgan fingerprint density at radius 2 is 2.21 bits per heavy atom. The lowest BCUT2D eigenvalue weighted by Crippen LogP contribution is -2.31. The third-order valence-corrected chi connectivity index (χ3v) is 3.60. The van der Waals surface area contributed by atoms with Crippen LogP contribution in [-0.2, 0) is 4.79 Å². The third kappa shape index (κ3) is 3.92. The number of amides is 1. The van der Waals surface area contributed by atoms with Gasteiger partial charge in [0.1, 0.15) is 0 Å². The van der Waals surface area contributed by atoms with Crippen molar-refractivity contribution in [1.82, 2.24) is 10.3 Å². The minimum Gasteiger partial charge on any atom is -0.361 e. The fraction of sp³-hybridized carbons (Fsp3) is 0.429. The second kappa shape index (κ2) is 6.02. The zero-order valence-corrected chi connectivity index (χ0v) is 12.3. The number of rotatable bonds is 5. The highest BCUT2D eigenvalue weighted by Gasteiger charge is 2.05. The molecule has 0 aliphatic carbocycles. The van der Waals surface area contributed by atoms with E-state index in [1.807, 2.05) is 19.9 Å². The van der Waals surface area contributed by atoms with E-state index in [9.17, 15) is 4.79 Å². The van der Waals surface area contributed by atoms with Crippen LogP contribution in [0.15, 0.2) is 18.2 Å². The molecule has 1 aromatic carbocycles. The SMILES string of the molecule is Cc1ccc2nc(NCCC(=O)NC(C)C)sc2c1. The number of fused-ring (bicyclic) bond motifs is 1. The predicted octanol–water partition coefficient (Wildman–Crippen LogP) is 2.93. The van der Waals surface area contributed by atoms with Crippen molar-refractivity contribution in [2.75, 3.05) is 11.9 Å². The molecule has 2 rings (SSSR count). The molecule has 19 heavy (non-hydrogen) atoms. The zero-order valence-electron chi connectivity index (χ0n) is 11.5. The van der Waals surface area contributed by atoms with Crippen molar-refractivity contribution in [2.45, 2.75) is 33.2 Å². The van der Waals surface area contributed by atoms with Gasteiger partial charge in [0, 0.05) is 19.0 Å². The van der Waals surface area contributed by atoms with Crippen LogP contribution in [0.3, 0.4) is 0 Å². The highest BCUT2D eigenvalue weighted by molar-refractivity contribution is 7.22. The van der Waals surface area contributed by atoms with Crippen LogP contribution in [0, 0.1) is 6.92 Å². The fourth-order valence-electron chi connectivity index (χ4n) is 1.78. The number of hydrogen-bond donors (Lipinski definition) is 2. The second-order valence-electron chi connectivity index (χ2n) is 4.89. The van der Waals surface area contributed by atoms with E-state index in [4.69, 9.17) is 0 Å². The molecule has 0 atom stereocenters. The summed E-state index contributed by atoms with van der Waals surface area (Å²) < 4.78 is 1.18. The van der Waals surface area contributed by atoms with Gasteiger partial charge in [-0.3, -0.25) is 4.79 Å². The van der Waals surface area contributed by atoms with Crippen LogP contribution in [0.2, 0.25) is 0 Å². The van der Waals surface area contributed by atoms with E-state index in [1.54, 1.807) is 11.3 Å². The lowest BCUT2D eigenvalue weighted by molar-refractivity contribution is -0.121. The van der Waals surface area contributed by atoms with Crippen molar-refractivity contribution < 1.29 is 4.79 Å². The van der Waals surface area contributed by atoms with Crippen molar-refractivity contribution in [3.8, 4) is 0 Å². The van der Waals surface area contributed by atoms with E-state index in [2.05, 4.69) is 34.7 Å². The number of aryl methyl sites for hydroxylation is 1. The third-order valence-electron chi connectivity index (χ3n) is 2.62. The Labute approximate surface area is 117 Å².